The molecule has 0 saturated heterocycles. The SMILES string of the molecule is CCNC(C)Cc1ccc(OC)c(Br)c1. The summed E-state index contributed by atoms with van der Waals surface area (Å²) in [6.45, 7) is 5.33. The van der Waals surface area contributed by atoms with Crippen molar-refractivity contribution in [2.24, 2.45) is 0 Å². The molecular formula is C12H18BrNO. The Morgan fingerprint density at radius 3 is 2.73 bits per heavy atom. The zero-order chi connectivity index (χ0) is 11.3. The zero-order valence-electron chi connectivity index (χ0n) is 9.51. The van der Waals surface area contributed by atoms with Crippen LogP contribution in [-0.4, -0.2) is 19.7 Å². The molecule has 1 aromatic carbocycles. The first-order valence-corrected chi connectivity index (χ1v) is 6.02. The van der Waals surface area contributed by atoms with Crippen molar-refractivity contribution in [3.8, 4) is 5.75 Å². The van der Waals surface area contributed by atoms with Crippen LogP contribution in [0.3, 0.4) is 0 Å². The Morgan fingerprint density at radius 1 is 1.47 bits per heavy atom. The third kappa shape index (κ3) is 3.84. The van der Waals surface area contributed by atoms with Gasteiger partial charge in [0, 0.05) is 6.04 Å². The Bertz CT molecular complexity index is 314. The normalized spacial score (nSPS) is 12.5. The molecule has 0 bridgehead atoms. The fourth-order valence-corrected chi connectivity index (χ4v) is 2.20. The van der Waals surface area contributed by atoms with Gasteiger partial charge in [0.2, 0.25) is 0 Å². The predicted molar refractivity (Wildman–Crippen MR) is 67.5 cm³/mol. The molecule has 0 saturated carbocycles. The van der Waals surface area contributed by atoms with E-state index < -0.39 is 0 Å². The molecule has 84 valence electrons. The van der Waals surface area contributed by atoms with Crippen LogP contribution in [0.1, 0.15) is 19.4 Å². The zero-order valence-corrected chi connectivity index (χ0v) is 11.1. The minimum absolute atomic E-state index is 0.510. The maximum Gasteiger partial charge on any atom is 0.133 e. The highest BCUT2D eigenvalue weighted by Gasteiger charge is 2.05. The summed E-state index contributed by atoms with van der Waals surface area (Å²) in [7, 11) is 1.68. The number of likely N-dealkylation sites (N-methyl/N-ethyl adjacent to an activating group) is 1. The minimum atomic E-state index is 0.510. The van der Waals surface area contributed by atoms with E-state index in [0.717, 1.165) is 23.2 Å². The van der Waals surface area contributed by atoms with Gasteiger partial charge in [-0.15, -0.1) is 0 Å². The number of halogens is 1. The van der Waals surface area contributed by atoms with Crippen molar-refractivity contribution in [3.63, 3.8) is 0 Å². The second-order valence-electron chi connectivity index (χ2n) is 3.63. The first kappa shape index (κ1) is 12.5. The van der Waals surface area contributed by atoms with Crippen molar-refractivity contribution in [1.29, 1.82) is 0 Å². The Morgan fingerprint density at radius 2 is 2.20 bits per heavy atom. The highest BCUT2D eigenvalue weighted by Crippen LogP contribution is 2.25. The Hall–Kier alpha value is -0.540. The van der Waals surface area contributed by atoms with Crippen LogP contribution >= 0.6 is 15.9 Å². The Kier molecular flexibility index (Phi) is 5.12. The lowest BCUT2D eigenvalue weighted by atomic mass is 10.1. The molecule has 1 rings (SSSR count). The van der Waals surface area contributed by atoms with Crippen LogP contribution in [0.15, 0.2) is 22.7 Å². The highest BCUT2D eigenvalue weighted by atomic mass is 79.9. The van der Waals surface area contributed by atoms with Crippen LogP contribution in [0.2, 0.25) is 0 Å². The van der Waals surface area contributed by atoms with Gasteiger partial charge in [-0.25, -0.2) is 0 Å². The molecule has 1 unspecified atom stereocenters. The van der Waals surface area contributed by atoms with Crippen molar-refractivity contribution in [2.45, 2.75) is 26.3 Å². The summed E-state index contributed by atoms with van der Waals surface area (Å²) in [5.74, 6) is 0.884. The fourth-order valence-electron chi connectivity index (χ4n) is 1.61. The van der Waals surface area contributed by atoms with E-state index in [-0.39, 0.29) is 0 Å². The maximum atomic E-state index is 5.19. The van der Waals surface area contributed by atoms with Gasteiger partial charge in [0.1, 0.15) is 5.75 Å². The molecule has 0 fully saturated rings. The summed E-state index contributed by atoms with van der Waals surface area (Å²) in [6, 6.07) is 6.73. The molecule has 15 heavy (non-hydrogen) atoms. The van der Waals surface area contributed by atoms with Gasteiger partial charge in [-0.3, -0.25) is 0 Å². The van der Waals surface area contributed by atoms with Crippen molar-refractivity contribution >= 4 is 15.9 Å². The molecule has 0 aliphatic rings. The van der Waals surface area contributed by atoms with Crippen LogP contribution in [0.5, 0.6) is 5.75 Å². The van der Waals surface area contributed by atoms with E-state index in [1.165, 1.54) is 5.56 Å². The number of rotatable bonds is 5. The number of ether oxygens (including phenoxy) is 1. The van der Waals surface area contributed by atoms with E-state index >= 15 is 0 Å². The van der Waals surface area contributed by atoms with Gasteiger partial charge in [0.15, 0.2) is 0 Å². The van der Waals surface area contributed by atoms with E-state index in [9.17, 15) is 0 Å². The lowest BCUT2D eigenvalue weighted by Crippen LogP contribution is -2.27. The minimum Gasteiger partial charge on any atom is -0.496 e. The van der Waals surface area contributed by atoms with Gasteiger partial charge in [-0.1, -0.05) is 13.0 Å². The maximum absolute atomic E-state index is 5.19. The fraction of sp³-hybridized carbons (Fsp3) is 0.500. The molecule has 3 heteroatoms. The average Bonchev–Trinajstić information content (AvgIpc) is 2.18. The quantitative estimate of drug-likeness (QED) is 0.889. The molecule has 0 radical (unpaired) electrons. The number of hydrogen-bond acceptors (Lipinski definition) is 2. The summed E-state index contributed by atoms with van der Waals surface area (Å²) in [4.78, 5) is 0. The highest BCUT2D eigenvalue weighted by molar-refractivity contribution is 9.10. The number of methoxy groups -OCH3 is 1. The smallest absolute Gasteiger partial charge is 0.133 e. The molecular weight excluding hydrogens is 254 g/mol. The lowest BCUT2D eigenvalue weighted by Gasteiger charge is -2.13. The molecule has 2 nitrogen and oxygen atoms in total. The van der Waals surface area contributed by atoms with Gasteiger partial charge in [0.25, 0.3) is 0 Å². The van der Waals surface area contributed by atoms with E-state index in [4.69, 9.17) is 4.74 Å². The van der Waals surface area contributed by atoms with Crippen LogP contribution < -0.4 is 10.1 Å². The summed E-state index contributed by atoms with van der Waals surface area (Å²) >= 11 is 3.49. The molecule has 0 aliphatic carbocycles. The van der Waals surface area contributed by atoms with Crippen molar-refractivity contribution in [2.75, 3.05) is 13.7 Å². The van der Waals surface area contributed by atoms with Gasteiger partial charge >= 0.3 is 0 Å². The summed E-state index contributed by atoms with van der Waals surface area (Å²) in [5.41, 5.74) is 1.32. The molecule has 1 atom stereocenters. The Balaban J connectivity index is 2.66. The van der Waals surface area contributed by atoms with Gasteiger partial charge < -0.3 is 10.1 Å². The van der Waals surface area contributed by atoms with Crippen LogP contribution in [0.4, 0.5) is 0 Å². The van der Waals surface area contributed by atoms with E-state index in [1.54, 1.807) is 7.11 Å². The van der Waals surface area contributed by atoms with Gasteiger partial charge in [-0.05, 0) is 53.5 Å². The summed E-state index contributed by atoms with van der Waals surface area (Å²) in [5, 5.41) is 3.40. The van der Waals surface area contributed by atoms with E-state index in [1.807, 2.05) is 6.07 Å². The molecule has 0 aliphatic heterocycles. The third-order valence-corrected chi connectivity index (χ3v) is 2.93. The first-order valence-electron chi connectivity index (χ1n) is 5.23. The summed E-state index contributed by atoms with van der Waals surface area (Å²) in [6.07, 6.45) is 1.04. The standard InChI is InChI=1S/C12H18BrNO/c1-4-14-9(2)7-10-5-6-12(15-3)11(13)8-10/h5-6,8-9,14H,4,7H2,1-3H3. The van der Waals surface area contributed by atoms with Crippen LogP contribution in [0.25, 0.3) is 0 Å². The molecule has 0 spiro atoms. The molecule has 0 aromatic heterocycles. The number of hydrogen-bond donors (Lipinski definition) is 1. The van der Waals surface area contributed by atoms with E-state index in [0.29, 0.717) is 6.04 Å². The average molecular weight is 272 g/mol. The molecule has 0 heterocycles. The topological polar surface area (TPSA) is 21.3 Å². The van der Waals surface area contributed by atoms with Gasteiger partial charge in [-0.2, -0.15) is 0 Å². The lowest BCUT2D eigenvalue weighted by molar-refractivity contribution is 0.412. The van der Waals surface area contributed by atoms with Crippen molar-refractivity contribution in [3.05, 3.63) is 28.2 Å². The second-order valence-corrected chi connectivity index (χ2v) is 4.49. The molecule has 0 amide bonds. The predicted octanol–water partition coefficient (Wildman–Crippen LogP) is 3.00. The summed E-state index contributed by atoms with van der Waals surface area (Å²) < 4.78 is 6.21. The van der Waals surface area contributed by atoms with E-state index in [2.05, 4.69) is 47.2 Å². The second kappa shape index (κ2) is 6.13. The molecule has 1 N–H and O–H groups in total. The first-order chi connectivity index (χ1) is 7.17. The van der Waals surface area contributed by atoms with Crippen molar-refractivity contribution in [1.82, 2.24) is 5.32 Å². The van der Waals surface area contributed by atoms with Crippen LogP contribution in [0, 0.1) is 0 Å². The van der Waals surface area contributed by atoms with Crippen molar-refractivity contribution < 1.29 is 4.74 Å². The number of benzene rings is 1. The largest absolute Gasteiger partial charge is 0.496 e. The van der Waals surface area contributed by atoms with Crippen LogP contribution in [-0.2, 0) is 6.42 Å². The third-order valence-electron chi connectivity index (χ3n) is 2.31. The Labute approximate surface area is 100 Å². The monoisotopic (exact) mass is 271 g/mol. The van der Waals surface area contributed by atoms with Gasteiger partial charge in [0.05, 0.1) is 11.6 Å². The number of nitrogens with one attached hydrogen (secondary N) is 1. The molecule has 1 aromatic rings.